The van der Waals surface area contributed by atoms with Crippen LogP contribution in [-0.2, 0) is 16.0 Å². The summed E-state index contributed by atoms with van der Waals surface area (Å²) in [5.74, 6) is -0.661. The van der Waals surface area contributed by atoms with Crippen molar-refractivity contribution in [3.05, 3.63) is 33.3 Å². The number of hydrogen-bond acceptors (Lipinski definition) is 3. The highest BCUT2D eigenvalue weighted by atomic mass is 79.9. The molecule has 0 aliphatic heterocycles. The number of ether oxygens (including phenoxy) is 1. The number of rotatable bonds is 3. The second-order valence-electron chi connectivity index (χ2n) is 2.98. The average molecular weight is 294 g/mol. The molecule has 1 rings (SSSR count). The SMILES string of the molecule is COC(=O)C(O)Cc1cc(Br)ccc1Cl. The minimum absolute atomic E-state index is 0.144. The summed E-state index contributed by atoms with van der Waals surface area (Å²) in [5.41, 5.74) is 0.698. The molecule has 0 heterocycles. The van der Waals surface area contributed by atoms with Crippen LogP contribution < -0.4 is 0 Å². The molecule has 0 fully saturated rings. The van der Waals surface area contributed by atoms with E-state index in [1.54, 1.807) is 18.2 Å². The summed E-state index contributed by atoms with van der Waals surface area (Å²) in [6, 6.07) is 5.25. The molecule has 1 atom stereocenters. The lowest BCUT2D eigenvalue weighted by Crippen LogP contribution is -2.24. The van der Waals surface area contributed by atoms with E-state index in [4.69, 9.17) is 11.6 Å². The Kier molecular flexibility index (Phi) is 4.57. The van der Waals surface area contributed by atoms with E-state index in [1.807, 2.05) is 0 Å². The summed E-state index contributed by atoms with van der Waals surface area (Å²) in [7, 11) is 1.23. The normalized spacial score (nSPS) is 12.3. The maximum Gasteiger partial charge on any atom is 0.335 e. The van der Waals surface area contributed by atoms with E-state index < -0.39 is 12.1 Å². The molecule has 1 N–H and O–H groups in total. The molecule has 1 aromatic rings. The van der Waals surface area contributed by atoms with Crippen molar-refractivity contribution >= 4 is 33.5 Å². The first-order valence-corrected chi connectivity index (χ1v) is 5.41. The zero-order valence-electron chi connectivity index (χ0n) is 8.04. The quantitative estimate of drug-likeness (QED) is 0.869. The molecule has 0 spiro atoms. The van der Waals surface area contributed by atoms with Gasteiger partial charge < -0.3 is 9.84 Å². The Morgan fingerprint density at radius 3 is 2.93 bits per heavy atom. The second-order valence-corrected chi connectivity index (χ2v) is 4.30. The van der Waals surface area contributed by atoms with Gasteiger partial charge in [0, 0.05) is 15.9 Å². The zero-order chi connectivity index (χ0) is 11.4. The van der Waals surface area contributed by atoms with Crippen molar-refractivity contribution in [2.75, 3.05) is 7.11 Å². The summed E-state index contributed by atoms with van der Waals surface area (Å²) in [6.07, 6.45) is -1.04. The molecule has 15 heavy (non-hydrogen) atoms. The van der Waals surface area contributed by atoms with Crippen molar-refractivity contribution in [1.29, 1.82) is 0 Å². The third-order valence-corrected chi connectivity index (χ3v) is 2.76. The number of carbonyl (C=O) groups excluding carboxylic acids is 1. The van der Waals surface area contributed by atoms with Gasteiger partial charge in [-0.05, 0) is 23.8 Å². The molecule has 3 nitrogen and oxygen atoms in total. The maximum absolute atomic E-state index is 11.0. The van der Waals surface area contributed by atoms with E-state index in [1.165, 1.54) is 7.11 Å². The van der Waals surface area contributed by atoms with Gasteiger partial charge in [-0.3, -0.25) is 0 Å². The van der Waals surface area contributed by atoms with E-state index >= 15 is 0 Å². The highest BCUT2D eigenvalue weighted by molar-refractivity contribution is 9.10. The number of aliphatic hydroxyl groups excluding tert-OH is 1. The molecule has 1 aromatic carbocycles. The lowest BCUT2D eigenvalue weighted by atomic mass is 10.1. The van der Waals surface area contributed by atoms with Gasteiger partial charge in [-0.1, -0.05) is 27.5 Å². The molecule has 0 bridgehead atoms. The fraction of sp³-hybridized carbons (Fsp3) is 0.300. The summed E-state index contributed by atoms with van der Waals surface area (Å²) >= 11 is 9.19. The lowest BCUT2D eigenvalue weighted by molar-refractivity contribution is -0.150. The van der Waals surface area contributed by atoms with Crippen LogP contribution in [-0.4, -0.2) is 24.3 Å². The third kappa shape index (κ3) is 3.48. The minimum Gasteiger partial charge on any atom is -0.467 e. The number of halogens is 2. The molecule has 5 heteroatoms. The predicted molar refractivity (Wildman–Crippen MR) is 60.9 cm³/mol. The smallest absolute Gasteiger partial charge is 0.335 e. The van der Waals surface area contributed by atoms with Gasteiger partial charge >= 0.3 is 5.97 Å². The van der Waals surface area contributed by atoms with Crippen LogP contribution in [0.5, 0.6) is 0 Å². The highest BCUT2D eigenvalue weighted by Gasteiger charge is 2.17. The first-order chi connectivity index (χ1) is 7.04. The van der Waals surface area contributed by atoms with E-state index in [9.17, 15) is 9.90 Å². The maximum atomic E-state index is 11.0. The summed E-state index contributed by atoms with van der Waals surface area (Å²) < 4.78 is 5.26. The van der Waals surface area contributed by atoms with Crippen LogP contribution in [0.1, 0.15) is 5.56 Å². The van der Waals surface area contributed by atoms with Gasteiger partial charge in [-0.2, -0.15) is 0 Å². The number of hydrogen-bond donors (Lipinski definition) is 1. The standard InChI is InChI=1S/C10H10BrClO3/c1-15-10(14)9(13)5-6-4-7(11)2-3-8(6)12/h2-4,9,13H,5H2,1H3. The van der Waals surface area contributed by atoms with Gasteiger partial charge in [0.15, 0.2) is 6.10 Å². The summed E-state index contributed by atoms with van der Waals surface area (Å²) in [4.78, 5) is 11.0. The molecule has 1 unspecified atom stereocenters. The topological polar surface area (TPSA) is 46.5 Å². The van der Waals surface area contributed by atoms with Gasteiger partial charge in [0.25, 0.3) is 0 Å². The molecule has 0 radical (unpaired) electrons. The van der Waals surface area contributed by atoms with Gasteiger partial charge in [-0.25, -0.2) is 4.79 Å². The van der Waals surface area contributed by atoms with E-state index in [0.29, 0.717) is 10.6 Å². The number of carbonyl (C=O) groups is 1. The zero-order valence-corrected chi connectivity index (χ0v) is 10.4. The fourth-order valence-corrected chi connectivity index (χ4v) is 1.73. The highest BCUT2D eigenvalue weighted by Crippen LogP contribution is 2.22. The van der Waals surface area contributed by atoms with Gasteiger partial charge in [0.2, 0.25) is 0 Å². The predicted octanol–water partition coefficient (Wildman–Crippen LogP) is 2.18. The molecular weight excluding hydrogens is 283 g/mol. The number of esters is 1. The Balaban J connectivity index is 2.80. The number of aliphatic hydroxyl groups is 1. The van der Waals surface area contributed by atoms with Crippen LogP contribution >= 0.6 is 27.5 Å². The van der Waals surface area contributed by atoms with Crippen molar-refractivity contribution < 1.29 is 14.6 Å². The molecule has 0 aromatic heterocycles. The number of methoxy groups -OCH3 is 1. The van der Waals surface area contributed by atoms with Crippen LogP contribution in [0.2, 0.25) is 5.02 Å². The van der Waals surface area contributed by atoms with E-state index in [0.717, 1.165) is 4.47 Å². The summed E-state index contributed by atoms with van der Waals surface area (Å²) in [6.45, 7) is 0. The van der Waals surface area contributed by atoms with Gasteiger partial charge in [0.05, 0.1) is 7.11 Å². The van der Waals surface area contributed by atoms with Crippen LogP contribution in [0.4, 0.5) is 0 Å². The first-order valence-electron chi connectivity index (χ1n) is 4.24. The number of benzene rings is 1. The van der Waals surface area contributed by atoms with Crippen molar-refractivity contribution in [2.24, 2.45) is 0 Å². The van der Waals surface area contributed by atoms with Crippen molar-refractivity contribution in [2.45, 2.75) is 12.5 Å². The average Bonchev–Trinajstić information content (AvgIpc) is 2.22. The van der Waals surface area contributed by atoms with Gasteiger partial charge in [-0.15, -0.1) is 0 Å². The molecule has 0 amide bonds. The Morgan fingerprint density at radius 2 is 2.33 bits per heavy atom. The first kappa shape index (κ1) is 12.5. The molecule has 0 saturated heterocycles. The minimum atomic E-state index is -1.18. The molecule has 0 aliphatic carbocycles. The Morgan fingerprint density at radius 1 is 1.67 bits per heavy atom. The molecule has 0 saturated carbocycles. The molecule has 82 valence electrons. The Labute approximate surface area is 101 Å². The Hall–Kier alpha value is -0.580. The van der Waals surface area contributed by atoms with Crippen molar-refractivity contribution in [3.63, 3.8) is 0 Å². The fourth-order valence-electron chi connectivity index (χ4n) is 1.13. The van der Waals surface area contributed by atoms with Crippen LogP contribution in [0.15, 0.2) is 22.7 Å². The second kappa shape index (κ2) is 5.49. The largest absolute Gasteiger partial charge is 0.467 e. The third-order valence-electron chi connectivity index (χ3n) is 1.89. The van der Waals surface area contributed by atoms with Crippen LogP contribution in [0, 0.1) is 0 Å². The van der Waals surface area contributed by atoms with E-state index in [2.05, 4.69) is 20.7 Å². The van der Waals surface area contributed by atoms with Crippen LogP contribution in [0.25, 0.3) is 0 Å². The van der Waals surface area contributed by atoms with Crippen LogP contribution in [0.3, 0.4) is 0 Å². The van der Waals surface area contributed by atoms with E-state index in [-0.39, 0.29) is 6.42 Å². The lowest BCUT2D eigenvalue weighted by Gasteiger charge is -2.09. The Bertz CT molecular complexity index is 368. The van der Waals surface area contributed by atoms with Crippen molar-refractivity contribution in [1.82, 2.24) is 0 Å². The monoisotopic (exact) mass is 292 g/mol. The molecule has 0 aliphatic rings. The summed E-state index contributed by atoms with van der Waals surface area (Å²) in [5, 5.41) is 9.95. The van der Waals surface area contributed by atoms with Gasteiger partial charge in [0.1, 0.15) is 0 Å². The van der Waals surface area contributed by atoms with Crippen molar-refractivity contribution in [3.8, 4) is 0 Å². The molecular formula is C10H10BrClO3.